The minimum absolute atomic E-state index is 0.691. The van der Waals surface area contributed by atoms with Crippen molar-refractivity contribution in [2.75, 3.05) is 11.9 Å². The molecule has 1 aliphatic rings. The van der Waals surface area contributed by atoms with Crippen LogP contribution in [0.15, 0.2) is 30.3 Å². The fourth-order valence-corrected chi connectivity index (χ4v) is 2.54. The van der Waals surface area contributed by atoms with Gasteiger partial charge in [-0.25, -0.2) is 4.98 Å². The Bertz CT molecular complexity index is 623. The van der Waals surface area contributed by atoms with Gasteiger partial charge in [0.1, 0.15) is 5.82 Å². The first-order valence-electron chi connectivity index (χ1n) is 6.90. The van der Waals surface area contributed by atoms with E-state index in [1.165, 1.54) is 25.7 Å². The quantitative estimate of drug-likeness (QED) is 0.901. The summed E-state index contributed by atoms with van der Waals surface area (Å²) in [6, 6.07) is 11.9. The van der Waals surface area contributed by atoms with E-state index in [1.807, 2.05) is 30.3 Å². The molecule has 0 spiro atoms. The number of pyridine rings is 1. The van der Waals surface area contributed by atoms with Crippen molar-refractivity contribution in [3.05, 3.63) is 35.9 Å². The van der Waals surface area contributed by atoms with Gasteiger partial charge in [0, 0.05) is 11.9 Å². The van der Waals surface area contributed by atoms with Crippen LogP contribution in [0.2, 0.25) is 0 Å². The smallest absolute Gasteiger partial charge is 0.127 e. The van der Waals surface area contributed by atoms with Gasteiger partial charge >= 0.3 is 0 Å². The Labute approximate surface area is 113 Å². The Morgan fingerprint density at radius 1 is 1.32 bits per heavy atom. The van der Waals surface area contributed by atoms with Gasteiger partial charge in [-0.15, -0.1) is 0 Å². The van der Waals surface area contributed by atoms with Crippen molar-refractivity contribution < 1.29 is 0 Å². The molecule has 0 atom stereocenters. The molecule has 0 radical (unpaired) electrons. The van der Waals surface area contributed by atoms with Crippen molar-refractivity contribution in [1.29, 1.82) is 5.26 Å². The molecule has 1 heterocycles. The number of hydrogen-bond acceptors (Lipinski definition) is 3. The van der Waals surface area contributed by atoms with E-state index in [9.17, 15) is 5.26 Å². The summed E-state index contributed by atoms with van der Waals surface area (Å²) in [6.45, 7) is 0.945. The molecule has 1 fully saturated rings. The van der Waals surface area contributed by atoms with Gasteiger partial charge in [0.2, 0.25) is 0 Å². The maximum absolute atomic E-state index is 9.22. The van der Waals surface area contributed by atoms with Gasteiger partial charge in [0.05, 0.1) is 17.1 Å². The van der Waals surface area contributed by atoms with E-state index >= 15 is 0 Å². The van der Waals surface area contributed by atoms with Gasteiger partial charge in [-0.2, -0.15) is 5.26 Å². The molecule has 0 aliphatic heterocycles. The van der Waals surface area contributed by atoms with Crippen LogP contribution in [0.1, 0.15) is 31.2 Å². The van der Waals surface area contributed by atoms with Crippen LogP contribution >= 0.6 is 0 Å². The standard InChI is InChI=1S/C16H17N3/c17-11-13-10-16(18-9-8-12-4-3-5-12)19-15-7-2-1-6-14(13)15/h1-2,6-7,10,12H,3-5,8-9H2,(H,18,19). The third-order valence-electron chi connectivity index (χ3n) is 3.92. The molecule has 3 nitrogen and oxygen atoms in total. The lowest BCUT2D eigenvalue weighted by atomic mass is 9.83. The molecule has 1 aliphatic carbocycles. The summed E-state index contributed by atoms with van der Waals surface area (Å²) >= 11 is 0. The molecular formula is C16H17N3. The Kier molecular flexibility index (Phi) is 3.33. The average molecular weight is 251 g/mol. The third-order valence-corrected chi connectivity index (χ3v) is 3.92. The topological polar surface area (TPSA) is 48.7 Å². The maximum Gasteiger partial charge on any atom is 0.127 e. The molecule has 1 aromatic carbocycles. The van der Waals surface area contributed by atoms with Crippen LogP contribution in [0.5, 0.6) is 0 Å². The number of nitriles is 1. The second-order valence-electron chi connectivity index (χ2n) is 5.20. The summed E-state index contributed by atoms with van der Waals surface area (Å²) in [6.07, 6.45) is 5.33. The van der Waals surface area contributed by atoms with E-state index in [1.54, 1.807) is 0 Å². The van der Waals surface area contributed by atoms with E-state index in [0.29, 0.717) is 5.56 Å². The molecule has 0 bridgehead atoms. The number of anilines is 1. The Morgan fingerprint density at radius 2 is 2.16 bits per heavy atom. The fraction of sp³-hybridized carbons (Fsp3) is 0.375. The van der Waals surface area contributed by atoms with Crippen molar-refractivity contribution in [1.82, 2.24) is 4.98 Å². The third kappa shape index (κ3) is 2.53. The molecule has 3 heteroatoms. The second kappa shape index (κ2) is 5.27. The first-order valence-corrected chi connectivity index (χ1v) is 6.90. The second-order valence-corrected chi connectivity index (χ2v) is 5.20. The highest BCUT2D eigenvalue weighted by molar-refractivity contribution is 5.86. The molecule has 0 amide bonds. The van der Waals surface area contributed by atoms with E-state index in [-0.39, 0.29) is 0 Å². The molecule has 19 heavy (non-hydrogen) atoms. The minimum Gasteiger partial charge on any atom is -0.370 e. The van der Waals surface area contributed by atoms with Crippen molar-refractivity contribution in [2.45, 2.75) is 25.7 Å². The predicted molar refractivity (Wildman–Crippen MR) is 76.9 cm³/mol. The average Bonchev–Trinajstić information content (AvgIpc) is 2.40. The predicted octanol–water partition coefficient (Wildman–Crippen LogP) is 3.71. The van der Waals surface area contributed by atoms with Gasteiger partial charge < -0.3 is 5.32 Å². The Morgan fingerprint density at radius 3 is 2.89 bits per heavy atom. The number of aromatic nitrogens is 1. The van der Waals surface area contributed by atoms with Crippen molar-refractivity contribution in [3.63, 3.8) is 0 Å². The highest BCUT2D eigenvalue weighted by Gasteiger charge is 2.16. The van der Waals surface area contributed by atoms with Gasteiger partial charge in [-0.05, 0) is 24.5 Å². The highest BCUT2D eigenvalue weighted by atomic mass is 15.0. The number of nitrogens with zero attached hydrogens (tertiary/aromatic N) is 2. The Balaban J connectivity index is 1.77. The van der Waals surface area contributed by atoms with Crippen molar-refractivity contribution in [2.24, 2.45) is 5.92 Å². The molecule has 0 unspecified atom stereocenters. The number of nitrogens with one attached hydrogen (secondary N) is 1. The van der Waals surface area contributed by atoms with Crippen LogP contribution in [0.3, 0.4) is 0 Å². The van der Waals surface area contributed by atoms with Crippen LogP contribution in [-0.2, 0) is 0 Å². The molecule has 0 saturated heterocycles. The van der Waals surface area contributed by atoms with Gasteiger partial charge in [0.25, 0.3) is 0 Å². The van der Waals surface area contributed by atoms with E-state index in [4.69, 9.17) is 0 Å². The number of hydrogen-bond donors (Lipinski definition) is 1. The summed E-state index contributed by atoms with van der Waals surface area (Å²) < 4.78 is 0. The molecule has 2 aromatic rings. The van der Waals surface area contributed by atoms with Crippen molar-refractivity contribution in [3.8, 4) is 6.07 Å². The highest BCUT2D eigenvalue weighted by Crippen LogP contribution is 2.29. The monoisotopic (exact) mass is 251 g/mol. The van der Waals surface area contributed by atoms with Crippen LogP contribution in [0, 0.1) is 17.2 Å². The lowest BCUT2D eigenvalue weighted by molar-refractivity contribution is 0.303. The zero-order valence-corrected chi connectivity index (χ0v) is 10.9. The molecule has 1 aromatic heterocycles. The zero-order chi connectivity index (χ0) is 13.1. The van der Waals surface area contributed by atoms with Gasteiger partial charge in [-0.3, -0.25) is 0 Å². The van der Waals surface area contributed by atoms with E-state index in [0.717, 1.165) is 29.2 Å². The first-order chi connectivity index (χ1) is 9.36. The fourth-order valence-electron chi connectivity index (χ4n) is 2.54. The van der Waals surface area contributed by atoms with Crippen LogP contribution < -0.4 is 5.32 Å². The normalized spacial score (nSPS) is 14.9. The largest absolute Gasteiger partial charge is 0.370 e. The molecule has 96 valence electrons. The first kappa shape index (κ1) is 12.0. The SMILES string of the molecule is N#Cc1cc(NCCC2CCC2)nc2ccccc12. The zero-order valence-electron chi connectivity index (χ0n) is 10.9. The summed E-state index contributed by atoms with van der Waals surface area (Å²) in [5.41, 5.74) is 1.57. The van der Waals surface area contributed by atoms with E-state index < -0.39 is 0 Å². The van der Waals surface area contributed by atoms with Gasteiger partial charge in [-0.1, -0.05) is 37.5 Å². The number of benzene rings is 1. The lowest BCUT2D eigenvalue weighted by Gasteiger charge is -2.25. The molecule has 1 saturated carbocycles. The molecular weight excluding hydrogens is 234 g/mol. The van der Waals surface area contributed by atoms with Crippen LogP contribution in [-0.4, -0.2) is 11.5 Å². The Hall–Kier alpha value is -2.08. The number of rotatable bonds is 4. The van der Waals surface area contributed by atoms with Crippen LogP contribution in [0.25, 0.3) is 10.9 Å². The van der Waals surface area contributed by atoms with E-state index in [2.05, 4.69) is 16.4 Å². The molecule has 3 rings (SSSR count). The van der Waals surface area contributed by atoms with Crippen molar-refractivity contribution >= 4 is 16.7 Å². The summed E-state index contributed by atoms with van der Waals surface area (Å²) in [5.74, 6) is 1.71. The number of fused-ring (bicyclic) bond motifs is 1. The maximum atomic E-state index is 9.22. The minimum atomic E-state index is 0.691. The molecule has 1 N–H and O–H groups in total. The lowest BCUT2D eigenvalue weighted by Crippen LogP contribution is -2.16. The van der Waals surface area contributed by atoms with Gasteiger partial charge in [0.15, 0.2) is 0 Å². The van der Waals surface area contributed by atoms with Crippen LogP contribution in [0.4, 0.5) is 5.82 Å². The summed E-state index contributed by atoms with van der Waals surface area (Å²) in [4.78, 5) is 4.56. The number of para-hydroxylation sites is 1. The summed E-state index contributed by atoms with van der Waals surface area (Å²) in [5, 5.41) is 13.5. The summed E-state index contributed by atoms with van der Waals surface area (Å²) in [7, 11) is 0.